The number of anilines is 1. The van der Waals surface area contributed by atoms with Crippen LogP contribution in [0.25, 0.3) is 0 Å². The fourth-order valence-electron chi connectivity index (χ4n) is 2.47. The molecule has 8 nitrogen and oxygen atoms in total. The van der Waals surface area contributed by atoms with Crippen molar-refractivity contribution < 1.29 is 9.59 Å². The summed E-state index contributed by atoms with van der Waals surface area (Å²) in [6, 6.07) is 6.88. The van der Waals surface area contributed by atoms with Crippen molar-refractivity contribution in [1.82, 2.24) is 25.9 Å². The van der Waals surface area contributed by atoms with E-state index in [1.165, 1.54) is 0 Å². The van der Waals surface area contributed by atoms with E-state index in [4.69, 9.17) is 0 Å². The first-order chi connectivity index (χ1) is 11.6. The highest BCUT2D eigenvalue weighted by molar-refractivity contribution is 9.10. The van der Waals surface area contributed by atoms with Crippen LogP contribution in [-0.2, 0) is 13.1 Å². The Kier molecular flexibility index (Phi) is 4.81. The molecule has 0 radical (unpaired) electrons. The summed E-state index contributed by atoms with van der Waals surface area (Å²) in [6.07, 6.45) is 0. The zero-order valence-electron chi connectivity index (χ0n) is 13.0. The van der Waals surface area contributed by atoms with Gasteiger partial charge in [-0.2, -0.15) is 5.10 Å². The van der Waals surface area contributed by atoms with E-state index >= 15 is 0 Å². The van der Waals surface area contributed by atoms with Crippen molar-refractivity contribution in [1.29, 1.82) is 0 Å². The molecule has 0 spiro atoms. The maximum atomic E-state index is 12.3. The van der Waals surface area contributed by atoms with Gasteiger partial charge in [0, 0.05) is 28.7 Å². The molecule has 0 saturated carbocycles. The predicted molar refractivity (Wildman–Crippen MR) is 92.1 cm³/mol. The lowest BCUT2D eigenvalue weighted by Gasteiger charge is -2.16. The minimum absolute atomic E-state index is 0.224. The molecule has 2 heterocycles. The summed E-state index contributed by atoms with van der Waals surface area (Å²) < 4.78 is 0.835. The Morgan fingerprint density at radius 1 is 1.38 bits per heavy atom. The van der Waals surface area contributed by atoms with Crippen molar-refractivity contribution in [3.8, 4) is 0 Å². The number of rotatable bonds is 4. The Labute approximate surface area is 147 Å². The molecular weight excluding hydrogens is 376 g/mol. The number of halogens is 1. The molecule has 0 fully saturated rings. The molecule has 126 valence electrons. The number of amides is 3. The van der Waals surface area contributed by atoms with Crippen LogP contribution >= 0.6 is 15.9 Å². The Balaban J connectivity index is 1.66. The summed E-state index contributed by atoms with van der Waals surface area (Å²) in [5.74, 6) is 0.327. The van der Waals surface area contributed by atoms with Gasteiger partial charge in [-0.1, -0.05) is 22.0 Å². The van der Waals surface area contributed by atoms with Gasteiger partial charge in [0.15, 0.2) is 0 Å². The fraction of sp³-hybridized carbons (Fsp3) is 0.267. The second-order valence-corrected chi connectivity index (χ2v) is 6.23. The largest absolute Gasteiger partial charge is 0.337 e. The summed E-state index contributed by atoms with van der Waals surface area (Å²) in [5, 5.41) is 14.3. The first-order valence-corrected chi connectivity index (χ1v) is 8.28. The van der Waals surface area contributed by atoms with E-state index in [0.29, 0.717) is 31.0 Å². The molecule has 0 bridgehead atoms. The number of aromatic amines is 1. The second-order valence-electron chi connectivity index (χ2n) is 5.32. The van der Waals surface area contributed by atoms with Crippen LogP contribution in [0.15, 0.2) is 28.7 Å². The van der Waals surface area contributed by atoms with Gasteiger partial charge in [0.25, 0.3) is 5.91 Å². The van der Waals surface area contributed by atoms with Gasteiger partial charge in [-0.05, 0) is 25.1 Å². The number of benzene rings is 1. The average molecular weight is 393 g/mol. The number of hydrogen-bond acceptors (Lipinski definition) is 4. The number of aromatic nitrogens is 2. The molecule has 3 rings (SSSR count). The summed E-state index contributed by atoms with van der Waals surface area (Å²) in [6.45, 7) is 3.36. The smallest absolute Gasteiger partial charge is 0.329 e. The highest BCUT2D eigenvalue weighted by atomic mass is 79.9. The number of carbonyl (C=O) groups is 2. The van der Waals surface area contributed by atoms with Crippen molar-refractivity contribution in [2.24, 2.45) is 0 Å². The van der Waals surface area contributed by atoms with Gasteiger partial charge in [-0.25, -0.2) is 9.80 Å². The minimum Gasteiger partial charge on any atom is -0.337 e. The van der Waals surface area contributed by atoms with E-state index in [9.17, 15) is 9.59 Å². The molecule has 1 aromatic heterocycles. The molecule has 1 aromatic carbocycles. The molecule has 9 heteroatoms. The van der Waals surface area contributed by atoms with Crippen molar-refractivity contribution in [3.05, 3.63) is 45.6 Å². The highest BCUT2D eigenvalue weighted by Crippen LogP contribution is 2.26. The van der Waals surface area contributed by atoms with Gasteiger partial charge < -0.3 is 10.6 Å². The zero-order chi connectivity index (χ0) is 17.1. The Morgan fingerprint density at radius 3 is 2.96 bits per heavy atom. The molecule has 0 unspecified atom stereocenters. The maximum Gasteiger partial charge on any atom is 0.329 e. The molecule has 0 saturated heterocycles. The lowest BCUT2D eigenvalue weighted by molar-refractivity contribution is 0.102. The lowest BCUT2D eigenvalue weighted by atomic mass is 10.2. The van der Waals surface area contributed by atoms with Gasteiger partial charge in [0.1, 0.15) is 5.82 Å². The summed E-state index contributed by atoms with van der Waals surface area (Å²) in [4.78, 5) is 23.9. The molecule has 1 aliphatic rings. The van der Waals surface area contributed by atoms with Crippen LogP contribution in [0.1, 0.15) is 28.5 Å². The molecule has 3 amide bonds. The SMILES string of the molecule is CCNC(=O)NN1Cc2n[nH]c(NC(=O)c3cccc(Br)c3)c2C1. The number of hydrazine groups is 1. The van der Waals surface area contributed by atoms with Crippen LogP contribution < -0.4 is 16.1 Å². The molecule has 0 aliphatic carbocycles. The molecular formula is C15H17BrN6O2. The van der Waals surface area contributed by atoms with Crippen molar-refractivity contribution in [2.75, 3.05) is 11.9 Å². The normalized spacial score (nSPS) is 13.4. The van der Waals surface area contributed by atoms with Crippen LogP contribution in [0.2, 0.25) is 0 Å². The number of carbonyl (C=O) groups excluding carboxylic acids is 2. The van der Waals surface area contributed by atoms with Gasteiger partial charge in [0.05, 0.1) is 12.2 Å². The zero-order valence-corrected chi connectivity index (χ0v) is 14.6. The van der Waals surface area contributed by atoms with E-state index in [0.717, 1.165) is 15.7 Å². The third-order valence-electron chi connectivity index (χ3n) is 3.56. The van der Waals surface area contributed by atoms with Crippen LogP contribution in [0, 0.1) is 0 Å². The Bertz CT molecular complexity index is 775. The van der Waals surface area contributed by atoms with Crippen molar-refractivity contribution in [2.45, 2.75) is 20.0 Å². The van der Waals surface area contributed by atoms with E-state index in [1.807, 2.05) is 13.0 Å². The molecule has 2 aromatic rings. The number of H-pyrrole nitrogens is 1. The average Bonchev–Trinajstić information content (AvgIpc) is 3.09. The number of urea groups is 1. The van der Waals surface area contributed by atoms with E-state index in [2.05, 4.69) is 42.2 Å². The number of nitrogens with one attached hydrogen (secondary N) is 4. The maximum absolute atomic E-state index is 12.3. The summed E-state index contributed by atoms with van der Waals surface area (Å²) in [5.41, 5.74) is 4.96. The van der Waals surface area contributed by atoms with Crippen LogP contribution in [0.3, 0.4) is 0 Å². The van der Waals surface area contributed by atoms with E-state index in [1.54, 1.807) is 23.2 Å². The molecule has 4 N–H and O–H groups in total. The second kappa shape index (κ2) is 7.02. The third kappa shape index (κ3) is 3.57. The van der Waals surface area contributed by atoms with Crippen molar-refractivity contribution >= 4 is 33.7 Å². The minimum atomic E-state index is -0.258. The summed E-state index contributed by atoms with van der Waals surface area (Å²) in [7, 11) is 0. The lowest BCUT2D eigenvalue weighted by Crippen LogP contribution is -2.44. The third-order valence-corrected chi connectivity index (χ3v) is 4.06. The molecule has 24 heavy (non-hydrogen) atoms. The van der Waals surface area contributed by atoms with Crippen LogP contribution in [-0.4, -0.2) is 33.7 Å². The number of fused-ring (bicyclic) bond motifs is 1. The van der Waals surface area contributed by atoms with Gasteiger partial charge in [0.2, 0.25) is 0 Å². The topological polar surface area (TPSA) is 102 Å². The van der Waals surface area contributed by atoms with Gasteiger partial charge in [-0.15, -0.1) is 0 Å². The van der Waals surface area contributed by atoms with Crippen LogP contribution in [0.5, 0.6) is 0 Å². The van der Waals surface area contributed by atoms with Gasteiger partial charge >= 0.3 is 6.03 Å². The molecule has 1 aliphatic heterocycles. The molecule has 0 atom stereocenters. The van der Waals surface area contributed by atoms with Crippen molar-refractivity contribution in [3.63, 3.8) is 0 Å². The quantitative estimate of drug-likeness (QED) is 0.638. The number of nitrogens with zero attached hydrogens (tertiary/aromatic N) is 2. The fourth-order valence-corrected chi connectivity index (χ4v) is 2.87. The first kappa shape index (κ1) is 16.5. The van der Waals surface area contributed by atoms with Gasteiger partial charge in [-0.3, -0.25) is 15.3 Å². The van der Waals surface area contributed by atoms with E-state index < -0.39 is 0 Å². The van der Waals surface area contributed by atoms with E-state index in [-0.39, 0.29) is 11.9 Å². The number of hydrogen-bond donors (Lipinski definition) is 4. The Morgan fingerprint density at radius 2 is 2.21 bits per heavy atom. The first-order valence-electron chi connectivity index (χ1n) is 7.49. The highest BCUT2D eigenvalue weighted by Gasteiger charge is 2.27. The Hall–Kier alpha value is -2.39. The summed E-state index contributed by atoms with van der Waals surface area (Å²) >= 11 is 3.35. The van der Waals surface area contributed by atoms with Crippen LogP contribution in [0.4, 0.5) is 10.6 Å². The standard InChI is InChI=1S/C15H17BrN6O2/c1-2-17-15(24)21-22-7-11-12(8-22)19-20-13(11)18-14(23)9-4-3-5-10(16)6-9/h3-6H,2,7-8H2,1H3,(H2,17,21,24)(H2,18,19,20,23). The monoisotopic (exact) mass is 392 g/mol. The predicted octanol–water partition coefficient (Wildman–Crippen LogP) is 1.97.